The molecule has 3 unspecified atom stereocenters. The van der Waals surface area contributed by atoms with Crippen LogP contribution in [0, 0.1) is 5.41 Å². The number of aliphatic hydroxyl groups is 1. The summed E-state index contributed by atoms with van der Waals surface area (Å²) in [5, 5.41) is 10.3. The molecule has 3 atom stereocenters. The van der Waals surface area contributed by atoms with Crippen molar-refractivity contribution in [3.8, 4) is 0 Å². The van der Waals surface area contributed by atoms with E-state index in [4.69, 9.17) is 9.47 Å². The molecule has 134 valence electrons. The van der Waals surface area contributed by atoms with Gasteiger partial charge in [0.25, 0.3) is 0 Å². The van der Waals surface area contributed by atoms with Gasteiger partial charge >= 0.3 is 0 Å². The van der Waals surface area contributed by atoms with Gasteiger partial charge in [-0.2, -0.15) is 0 Å². The highest BCUT2D eigenvalue weighted by Crippen LogP contribution is 2.41. The number of rotatable bonds is 11. The molecule has 0 aliphatic carbocycles. The Kier molecular flexibility index (Phi) is 8.61. The van der Waals surface area contributed by atoms with Crippen molar-refractivity contribution in [1.29, 1.82) is 0 Å². The molecule has 3 nitrogen and oxygen atoms in total. The molecule has 0 aromatic heterocycles. The van der Waals surface area contributed by atoms with Crippen molar-refractivity contribution >= 4 is 0 Å². The first-order valence-corrected chi connectivity index (χ1v) is 8.91. The predicted octanol–water partition coefficient (Wildman–Crippen LogP) is 4.95. The maximum atomic E-state index is 10.3. The lowest BCUT2D eigenvalue weighted by atomic mass is 9.72. The molecule has 0 aliphatic heterocycles. The van der Waals surface area contributed by atoms with Crippen molar-refractivity contribution in [3.05, 3.63) is 0 Å². The molecule has 0 radical (unpaired) electrons. The molecule has 0 aromatic carbocycles. The summed E-state index contributed by atoms with van der Waals surface area (Å²) in [6.45, 7) is 19.7. The minimum Gasteiger partial charge on any atom is -0.390 e. The topological polar surface area (TPSA) is 38.7 Å². The molecule has 0 aliphatic rings. The predicted molar refractivity (Wildman–Crippen MR) is 94.3 cm³/mol. The fourth-order valence-corrected chi connectivity index (χ4v) is 2.78. The molecule has 0 amide bonds. The second-order valence-corrected chi connectivity index (χ2v) is 8.12. The van der Waals surface area contributed by atoms with Crippen LogP contribution in [0.25, 0.3) is 0 Å². The minimum absolute atomic E-state index is 0.0168. The van der Waals surface area contributed by atoms with Gasteiger partial charge in [0.2, 0.25) is 0 Å². The first-order chi connectivity index (χ1) is 9.89. The maximum Gasteiger partial charge on any atom is 0.0707 e. The van der Waals surface area contributed by atoms with Crippen LogP contribution in [-0.2, 0) is 9.47 Å². The lowest BCUT2D eigenvalue weighted by Crippen LogP contribution is -2.47. The van der Waals surface area contributed by atoms with E-state index in [2.05, 4.69) is 48.5 Å². The second kappa shape index (κ2) is 8.65. The highest BCUT2D eigenvalue weighted by Gasteiger charge is 2.42. The minimum atomic E-state index is -0.654. The van der Waals surface area contributed by atoms with Gasteiger partial charge in [0.05, 0.1) is 23.4 Å². The average molecular weight is 317 g/mol. The van der Waals surface area contributed by atoms with Crippen LogP contribution in [0.4, 0.5) is 0 Å². The molecular weight excluding hydrogens is 276 g/mol. The third-order valence-corrected chi connectivity index (χ3v) is 5.23. The zero-order chi connectivity index (χ0) is 17.6. The molecule has 0 fully saturated rings. The van der Waals surface area contributed by atoms with Crippen LogP contribution in [0.5, 0.6) is 0 Å². The SMILES string of the molecule is CCC(C)(O)CC(C)OC(C)(CC)C(C)(C)CCOC(C)C. The van der Waals surface area contributed by atoms with Gasteiger partial charge < -0.3 is 14.6 Å². The summed E-state index contributed by atoms with van der Waals surface area (Å²) >= 11 is 0. The quantitative estimate of drug-likeness (QED) is 0.586. The molecule has 0 saturated heterocycles. The van der Waals surface area contributed by atoms with Gasteiger partial charge in [-0.05, 0) is 59.3 Å². The maximum absolute atomic E-state index is 10.3. The van der Waals surface area contributed by atoms with Gasteiger partial charge in [-0.1, -0.05) is 27.7 Å². The molecular formula is C19H40O3. The van der Waals surface area contributed by atoms with Gasteiger partial charge in [0.1, 0.15) is 0 Å². The Morgan fingerprint density at radius 1 is 0.955 bits per heavy atom. The highest BCUT2D eigenvalue weighted by atomic mass is 16.5. The van der Waals surface area contributed by atoms with E-state index in [9.17, 15) is 5.11 Å². The van der Waals surface area contributed by atoms with Crippen LogP contribution in [0.15, 0.2) is 0 Å². The molecule has 0 heterocycles. The lowest BCUT2D eigenvalue weighted by molar-refractivity contribution is -0.165. The van der Waals surface area contributed by atoms with Gasteiger partial charge in [0, 0.05) is 13.0 Å². The monoisotopic (exact) mass is 316 g/mol. The lowest BCUT2D eigenvalue weighted by Gasteiger charge is -2.46. The number of hydrogen-bond donors (Lipinski definition) is 1. The van der Waals surface area contributed by atoms with Crippen molar-refractivity contribution in [2.75, 3.05) is 6.61 Å². The highest BCUT2D eigenvalue weighted by molar-refractivity contribution is 4.92. The van der Waals surface area contributed by atoms with Crippen LogP contribution in [0.2, 0.25) is 0 Å². The molecule has 0 bridgehead atoms. The van der Waals surface area contributed by atoms with Gasteiger partial charge in [0.15, 0.2) is 0 Å². The zero-order valence-electron chi connectivity index (χ0n) is 16.5. The Morgan fingerprint density at radius 2 is 1.50 bits per heavy atom. The van der Waals surface area contributed by atoms with E-state index in [0.717, 1.165) is 25.9 Å². The third-order valence-electron chi connectivity index (χ3n) is 5.23. The third kappa shape index (κ3) is 6.97. The fourth-order valence-electron chi connectivity index (χ4n) is 2.78. The largest absolute Gasteiger partial charge is 0.390 e. The van der Waals surface area contributed by atoms with Crippen molar-refractivity contribution in [2.45, 2.75) is 111 Å². The standard InChI is InChI=1S/C19H40O3/c1-10-18(8,20)14-16(5)22-19(9,11-2)17(6,7)12-13-21-15(3)4/h15-16,20H,10-14H2,1-9H3. The van der Waals surface area contributed by atoms with Crippen molar-refractivity contribution in [1.82, 2.24) is 0 Å². The first kappa shape index (κ1) is 21.9. The van der Waals surface area contributed by atoms with Crippen LogP contribution < -0.4 is 0 Å². The fraction of sp³-hybridized carbons (Fsp3) is 1.00. The van der Waals surface area contributed by atoms with Crippen LogP contribution in [-0.4, -0.2) is 35.1 Å². The molecule has 0 saturated carbocycles. The van der Waals surface area contributed by atoms with Crippen LogP contribution in [0.3, 0.4) is 0 Å². The van der Waals surface area contributed by atoms with Crippen molar-refractivity contribution < 1.29 is 14.6 Å². The summed E-state index contributed by atoms with van der Waals surface area (Å²) in [7, 11) is 0. The molecule has 3 heteroatoms. The summed E-state index contributed by atoms with van der Waals surface area (Å²) in [5.74, 6) is 0. The van der Waals surface area contributed by atoms with E-state index in [-0.39, 0.29) is 23.2 Å². The summed E-state index contributed by atoms with van der Waals surface area (Å²) in [4.78, 5) is 0. The zero-order valence-corrected chi connectivity index (χ0v) is 16.5. The van der Waals surface area contributed by atoms with E-state index < -0.39 is 5.60 Å². The Labute approximate surface area is 138 Å². The number of ether oxygens (including phenoxy) is 2. The van der Waals surface area contributed by atoms with Gasteiger partial charge in [-0.25, -0.2) is 0 Å². The van der Waals surface area contributed by atoms with Gasteiger partial charge in [-0.15, -0.1) is 0 Å². The Hall–Kier alpha value is -0.120. The molecule has 22 heavy (non-hydrogen) atoms. The van der Waals surface area contributed by atoms with E-state index in [0.29, 0.717) is 6.42 Å². The summed E-state index contributed by atoms with van der Waals surface area (Å²) in [6, 6.07) is 0. The van der Waals surface area contributed by atoms with E-state index >= 15 is 0 Å². The molecule has 0 spiro atoms. The second-order valence-electron chi connectivity index (χ2n) is 8.12. The van der Waals surface area contributed by atoms with Crippen molar-refractivity contribution in [2.24, 2.45) is 5.41 Å². The normalized spacial score (nSPS) is 19.8. The summed E-state index contributed by atoms with van der Waals surface area (Å²) in [5.41, 5.74) is -0.863. The molecule has 0 rings (SSSR count). The van der Waals surface area contributed by atoms with E-state index in [1.54, 1.807) is 0 Å². The number of hydrogen-bond acceptors (Lipinski definition) is 3. The first-order valence-electron chi connectivity index (χ1n) is 8.91. The van der Waals surface area contributed by atoms with E-state index in [1.807, 2.05) is 13.8 Å². The Morgan fingerprint density at radius 3 is 1.91 bits per heavy atom. The smallest absolute Gasteiger partial charge is 0.0707 e. The summed E-state index contributed by atoms with van der Waals surface area (Å²) in [6.07, 6.45) is 3.62. The van der Waals surface area contributed by atoms with Crippen LogP contribution in [0.1, 0.15) is 88.0 Å². The van der Waals surface area contributed by atoms with Gasteiger partial charge in [-0.3, -0.25) is 0 Å². The van der Waals surface area contributed by atoms with Crippen LogP contribution >= 0.6 is 0 Å². The van der Waals surface area contributed by atoms with E-state index in [1.165, 1.54) is 0 Å². The summed E-state index contributed by atoms with van der Waals surface area (Å²) < 4.78 is 12.2. The average Bonchev–Trinajstić information content (AvgIpc) is 2.36. The Bertz CT molecular complexity index is 310. The Balaban J connectivity index is 4.78. The molecule has 1 N–H and O–H groups in total. The van der Waals surface area contributed by atoms with Crippen molar-refractivity contribution in [3.63, 3.8) is 0 Å². The molecule has 0 aromatic rings.